The lowest BCUT2D eigenvalue weighted by Crippen LogP contribution is -2.61. The number of aryl methyl sites for hydroxylation is 2. The molecule has 4 aromatic rings. The molecule has 7 rings (SSSR count). The number of Topliss-reactive ketones (excluding diaryl/α,β-unsaturated/α-hetero) is 2. The molecular formula is C39H43N5O10. The van der Waals surface area contributed by atoms with Crippen LogP contribution in [0.5, 0.6) is 28.7 Å². The average Bonchev–Trinajstić information content (AvgIpc) is 3.41. The van der Waals surface area contributed by atoms with Gasteiger partial charge in [0.05, 0.1) is 57.5 Å². The van der Waals surface area contributed by atoms with Crippen LogP contribution in [-0.2, 0) is 36.1 Å². The lowest BCUT2D eigenvalue weighted by atomic mass is 9.43. The first-order valence-corrected chi connectivity index (χ1v) is 17.5. The molecule has 1 fully saturated rings. The second kappa shape index (κ2) is 12.6. The average molecular weight is 742 g/mol. The minimum Gasteiger partial charge on any atom is -0.507 e. The number of fused-ring (bicyclic) bond motifs is 5. The fourth-order valence-electron chi connectivity index (χ4n) is 9.00. The lowest BCUT2D eigenvalue weighted by Gasteiger charge is -2.58. The van der Waals surface area contributed by atoms with Crippen molar-refractivity contribution in [2.24, 2.45) is 17.9 Å². The zero-order chi connectivity index (χ0) is 39.2. The molecule has 0 radical (unpaired) electrons. The van der Waals surface area contributed by atoms with Crippen LogP contribution in [-0.4, -0.2) is 68.6 Å². The highest BCUT2D eigenvalue weighted by Gasteiger charge is 2.67. The Bertz CT molecular complexity index is 2550. The zero-order valence-electron chi connectivity index (χ0n) is 31.7. The first kappa shape index (κ1) is 36.5. The van der Waals surface area contributed by atoms with Crippen LogP contribution in [0.1, 0.15) is 57.3 Å². The van der Waals surface area contributed by atoms with Crippen LogP contribution < -0.4 is 35.9 Å². The summed E-state index contributed by atoms with van der Waals surface area (Å²) in [5.41, 5.74) is -1.79. The van der Waals surface area contributed by atoms with Gasteiger partial charge < -0.3 is 28.6 Å². The van der Waals surface area contributed by atoms with Crippen molar-refractivity contribution in [1.29, 1.82) is 0 Å². The Labute approximate surface area is 309 Å². The number of aromatic nitrogens is 5. The Kier molecular flexibility index (Phi) is 8.54. The van der Waals surface area contributed by atoms with Gasteiger partial charge in [0.2, 0.25) is 0 Å². The van der Waals surface area contributed by atoms with E-state index >= 15 is 0 Å². The summed E-state index contributed by atoms with van der Waals surface area (Å²) in [6, 6.07) is 5.48. The number of aromatic hydroxyl groups is 1. The van der Waals surface area contributed by atoms with E-state index in [0.717, 1.165) is 4.57 Å². The molecule has 1 aliphatic heterocycles. The number of rotatable bonds is 8. The van der Waals surface area contributed by atoms with Crippen LogP contribution in [0.25, 0.3) is 11.0 Å². The summed E-state index contributed by atoms with van der Waals surface area (Å²) in [6.07, 6.45) is 1.80. The van der Waals surface area contributed by atoms with Gasteiger partial charge in [-0.25, -0.2) is 28.5 Å². The Morgan fingerprint density at radius 2 is 1.50 bits per heavy atom. The van der Waals surface area contributed by atoms with Gasteiger partial charge in [0.1, 0.15) is 22.9 Å². The van der Waals surface area contributed by atoms with Crippen molar-refractivity contribution in [2.45, 2.75) is 65.6 Å². The molecule has 3 heterocycles. The lowest BCUT2D eigenvalue weighted by molar-refractivity contribution is -0.151. The van der Waals surface area contributed by atoms with Crippen molar-refractivity contribution < 1.29 is 33.6 Å². The Morgan fingerprint density at radius 1 is 0.852 bits per heavy atom. The molecule has 0 bridgehead atoms. The number of phenolic OH excluding ortho intramolecular Hbond substituents is 1. The fourth-order valence-corrected chi connectivity index (χ4v) is 9.00. The van der Waals surface area contributed by atoms with Gasteiger partial charge in [-0.1, -0.05) is 19.9 Å². The van der Waals surface area contributed by atoms with Crippen LogP contribution in [0.2, 0.25) is 0 Å². The highest BCUT2D eigenvalue weighted by atomic mass is 16.5. The van der Waals surface area contributed by atoms with Gasteiger partial charge in [0.15, 0.2) is 23.1 Å². The van der Waals surface area contributed by atoms with Gasteiger partial charge in [-0.15, -0.1) is 0 Å². The SMILES string of the molecule is COc1cc(O)c([C@H]2C3=CCn4c(=O)n(CCc5nc6cc(OC)c(OC)cc6n(C)c5=O)c(=O)n4[C@@H]3C[C@@]3(C)C(=O)C(C)=C(C)C(=O)[C@@]23C)c(OC)c1. The molecule has 2 aromatic carbocycles. The number of phenols is 1. The Morgan fingerprint density at radius 3 is 2.15 bits per heavy atom. The van der Waals surface area contributed by atoms with Gasteiger partial charge in [-0.2, -0.15) is 0 Å². The summed E-state index contributed by atoms with van der Waals surface area (Å²) in [4.78, 5) is 75.5. The van der Waals surface area contributed by atoms with Crippen molar-refractivity contribution >= 4 is 22.6 Å². The number of methoxy groups -OCH3 is 4. The van der Waals surface area contributed by atoms with Crippen LogP contribution in [0.3, 0.4) is 0 Å². The summed E-state index contributed by atoms with van der Waals surface area (Å²) in [7, 11) is 7.48. The summed E-state index contributed by atoms with van der Waals surface area (Å²) in [6.45, 7) is 6.55. The fraction of sp³-hybridized carbons (Fsp3) is 0.436. The van der Waals surface area contributed by atoms with Crippen LogP contribution in [0, 0.1) is 10.8 Å². The molecule has 0 unspecified atom stereocenters. The summed E-state index contributed by atoms with van der Waals surface area (Å²) in [5.74, 6) is -0.244. The smallest absolute Gasteiger partial charge is 0.347 e. The van der Waals surface area contributed by atoms with E-state index in [0.29, 0.717) is 45.0 Å². The van der Waals surface area contributed by atoms with Gasteiger partial charge >= 0.3 is 11.4 Å². The predicted molar refractivity (Wildman–Crippen MR) is 197 cm³/mol. The van der Waals surface area contributed by atoms with Crippen molar-refractivity contribution in [3.63, 3.8) is 0 Å². The van der Waals surface area contributed by atoms with Crippen molar-refractivity contribution in [2.75, 3.05) is 28.4 Å². The third-order valence-electron chi connectivity index (χ3n) is 12.3. The van der Waals surface area contributed by atoms with E-state index in [2.05, 4.69) is 4.98 Å². The van der Waals surface area contributed by atoms with Crippen LogP contribution in [0.15, 0.2) is 61.4 Å². The highest BCUT2D eigenvalue weighted by Crippen LogP contribution is 2.67. The molecular weight excluding hydrogens is 698 g/mol. The number of allylic oxidation sites excluding steroid dienone is 4. The number of nitrogens with zero attached hydrogens (tertiary/aromatic N) is 5. The second-order valence-corrected chi connectivity index (χ2v) is 14.6. The van der Waals surface area contributed by atoms with Crippen molar-refractivity contribution in [3.8, 4) is 28.7 Å². The maximum Gasteiger partial charge on any atom is 0.347 e. The molecule has 15 nitrogen and oxygen atoms in total. The molecule has 3 aliphatic rings. The number of hydrogen-bond donors (Lipinski definition) is 1. The normalized spacial score (nSPS) is 23.5. The zero-order valence-corrected chi connectivity index (χ0v) is 31.7. The van der Waals surface area contributed by atoms with Gasteiger partial charge in [0.25, 0.3) is 5.56 Å². The van der Waals surface area contributed by atoms with E-state index in [4.69, 9.17) is 18.9 Å². The molecule has 0 amide bonds. The molecule has 2 aromatic heterocycles. The quantitative estimate of drug-likeness (QED) is 0.263. The summed E-state index contributed by atoms with van der Waals surface area (Å²) in [5, 5.41) is 11.6. The third-order valence-corrected chi connectivity index (χ3v) is 12.3. The number of ketones is 2. The monoisotopic (exact) mass is 741 g/mol. The molecule has 1 N–H and O–H groups in total. The largest absolute Gasteiger partial charge is 0.507 e. The van der Waals surface area contributed by atoms with E-state index < -0.39 is 39.7 Å². The maximum atomic E-state index is 14.6. The molecule has 284 valence electrons. The van der Waals surface area contributed by atoms with Gasteiger partial charge in [-0.05, 0) is 37.0 Å². The predicted octanol–water partition coefficient (Wildman–Crippen LogP) is 3.21. The molecule has 1 saturated carbocycles. The van der Waals surface area contributed by atoms with E-state index in [1.54, 1.807) is 59.0 Å². The number of hydrogen-bond acceptors (Lipinski definition) is 11. The van der Waals surface area contributed by atoms with Gasteiger partial charge in [0, 0.05) is 61.2 Å². The number of carbonyl (C=O) groups excluding carboxylic acids is 2. The van der Waals surface area contributed by atoms with E-state index in [1.165, 1.54) is 48.4 Å². The summed E-state index contributed by atoms with van der Waals surface area (Å²) >= 11 is 0. The first-order valence-electron chi connectivity index (χ1n) is 17.5. The minimum absolute atomic E-state index is 0.0248. The van der Waals surface area contributed by atoms with Crippen LogP contribution >= 0.6 is 0 Å². The standard InChI is InChI=1S/C39H43N5O10/c1-19-20(2)34(47)39(4)32(31-27(45)14-21(51-6)15-30(31)54-9)22-10-13-43-36(49)42(37(50)44(43)26(22)18-38(39,3)33(19)46)12-11-23-35(48)41(5)25-17-29(53-8)28(52-7)16-24(25)40-23/h10,14-17,26,32,45H,11-13,18H2,1-9H3/t26-,32-,38+,39-/m1/s1. The maximum absolute atomic E-state index is 14.6. The molecule has 0 saturated heterocycles. The van der Waals surface area contributed by atoms with E-state index in [1.807, 2.05) is 0 Å². The van der Waals surface area contributed by atoms with Crippen molar-refractivity contribution in [1.82, 2.24) is 23.5 Å². The van der Waals surface area contributed by atoms with E-state index in [9.17, 15) is 29.1 Å². The Balaban J connectivity index is 1.36. The number of ether oxygens (including phenoxy) is 4. The number of carbonyl (C=O) groups is 2. The molecule has 4 atom stereocenters. The minimum atomic E-state index is -1.42. The molecule has 0 spiro atoms. The van der Waals surface area contributed by atoms with E-state index in [-0.39, 0.29) is 60.3 Å². The van der Waals surface area contributed by atoms with Gasteiger partial charge in [-0.3, -0.25) is 14.4 Å². The first-order chi connectivity index (χ1) is 25.6. The third kappa shape index (κ3) is 4.79. The molecule has 2 aliphatic carbocycles. The topological polar surface area (TPSA) is 175 Å². The number of benzene rings is 2. The Hall–Kier alpha value is -5.86. The molecule has 15 heteroatoms. The van der Waals surface area contributed by atoms with Crippen LogP contribution in [0.4, 0.5) is 0 Å². The summed E-state index contributed by atoms with van der Waals surface area (Å²) < 4.78 is 27.1. The molecule has 54 heavy (non-hydrogen) atoms. The highest BCUT2D eigenvalue weighted by molar-refractivity contribution is 6.17. The second-order valence-electron chi connectivity index (χ2n) is 14.6. The van der Waals surface area contributed by atoms with Crippen molar-refractivity contribution in [3.05, 3.63) is 89.6 Å².